The largest absolute Gasteiger partial charge is 0.508 e. The van der Waals surface area contributed by atoms with E-state index >= 15 is 0 Å². The number of halogens is 1. The number of phenolic OH excluding ortho intramolecular Hbond substituents is 1. The van der Waals surface area contributed by atoms with Gasteiger partial charge in [-0.2, -0.15) is 8.42 Å². The van der Waals surface area contributed by atoms with Crippen molar-refractivity contribution in [2.75, 3.05) is 6.26 Å². The summed E-state index contributed by atoms with van der Waals surface area (Å²) in [5, 5.41) is 8.94. The van der Waals surface area contributed by atoms with Crippen molar-refractivity contribution in [3.63, 3.8) is 0 Å². The van der Waals surface area contributed by atoms with Gasteiger partial charge in [-0.15, -0.1) is 4.28 Å². The van der Waals surface area contributed by atoms with E-state index in [2.05, 4.69) is 4.28 Å². The Bertz CT molecular complexity index is 528. The molecule has 0 radical (unpaired) electrons. The van der Waals surface area contributed by atoms with E-state index in [9.17, 15) is 17.6 Å². The minimum atomic E-state index is -3.79. The van der Waals surface area contributed by atoms with Gasteiger partial charge in [-0.05, 0) is 11.6 Å². The fourth-order valence-corrected chi connectivity index (χ4v) is 1.26. The quantitative estimate of drug-likeness (QED) is 0.750. The van der Waals surface area contributed by atoms with E-state index < -0.39 is 28.3 Å². The summed E-state index contributed by atoms with van der Waals surface area (Å²) in [6, 6.07) is 3.27. The summed E-state index contributed by atoms with van der Waals surface area (Å²) in [6.45, 7) is 0. The molecule has 0 spiro atoms. The molecule has 0 fully saturated rings. The molecule has 0 aliphatic rings. The van der Waals surface area contributed by atoms with E-state index in [1.807, 2.05) is 0 Å². The first-order valence-corrected chi connectivity index (χ1v) is 6.24. The fourth-order valence-electron chi connectivity index (χ4n) is 1.01. The van der Waals surface area contributed by atoms with Crippen molar-refractivity contribution >= 4 is 16.0 Å². The summed E-state index contributed by atoms with van der Waals surface area (Å²) in [5.41, 5.74) is 1.67. The fraction of sp³-hybridized carbons (Fsp3) is 0.222. The maximum absolute atomic E-state index is 13.2. The Morgan fingerprint density at radius 1 is 1.53 bits per heavy atom. The van der Waals surface area contributed by atoms with Crippen molar-refractivity contribution < 1.29 is 27.0 Å². The van der Waals surface area contributed by atoms with Crippen molar-refractivity contribution in [2.45, 2.75) is 6.42 Å². The Labute approximate surface area is 97.1 Å². The molecule has 94 valence electrons. The predicted octanol–water partition coefficient (Wildman–Crippen LogP) is 0.0812. The maximum atomic E-state index is 13.2. The number of benzene rings is 1. The van der Waals surface area contributed by atoms with Crippen LogP contribution < -0.4 is 5.48 Å². The zero-order valence-corrected chi connectivity index (χ0v) is 9.62. The Morgan fingerprint density at radius 3 is 2.71 bits per heavy atom. The Hall–Kier alpha value is -1.67. The molecule has 1 rings (SSSR count). The van der Waals surface area contributed by atoms with Gasteiger partial charge in [0.15, 0.2) is 0 Å². The highest BCUT2D eigenvalue weighted by Crippen LogP contribution is 2.15. The van der Waals surface area contributed by atoms with Crippen molar-refractivity contribution in [2.24, 2.45) is 0 Å². The third kappa shape index (κ3) is 4.79. The molecule has 17 heavy (non-hydrogen) atoms. The van der Waals surface area contributed by atoms with E-state index in [0.29, 0.717) is 0 Å². The molecule has 2 N–H and O–H groups in total. The first kappa shape index (κ1) is 13.4. The van der Waals surface area contributed by atoms with Crippen LogP contribution in [0.2, 0.25) is 0 Å². The van der Waals surface area contributed by atoms with E-state index in [-0.39, 0.29) is 11.3 Å². The molecule has 0 aliphatic carbocycles. The smallest absolute Gasteiger partial charge is 0.285 e. The second kappa shape index (κ2) is 5.11. The van der Waals surface area contributed by atoms with Gasteiger partial charge in [-0.25, -0.2) is 9.87 Å². The number of carbonyl (C=O) groups is 1. The number of hydrogen-bond donors (Lipinski definition) is 2. The second-order valence-electron chi connectivity index (χ2n) is 3.27. The van der Waals surface area contributed by atoms with Gasteiger partial charge in [0.1, 0.15) is 11.6 Å². The number of hydroxylamine groups is 1. The zero-order chi connectivity index (χ0) is 13.1. The van der Waals surface area contributed by atoms with Crippen molar-refractivity contribution in [3.05, 3.63) is 29.6 Å². The Morgan fingerprint density at radius 2 is 2.18 bits per heavy atom. The molecule has 0 unspecified atom stereocenters. The van der Waals surface area contributed by atoms with E-state index in [4.69, 9.17) is 5.11 Å². The standard InChI is InChI=1S/C9H10FNO5S/c1-17(14,15)16-11-9(13)4-6-2-3-7(12)5-8(6)10/h2-3,5,12H,4H2,1H3,(H,11,13). The van der Waals surface area contributed by atoms with E-state index in [1.165, 1.54) is 12.1 Å². The molecule has 1 aromatic rings. The Balaban J connectivity index is 2.62. The van der Waals surface area contributed by atoms with Crippen LogP contribution >= 0.6 is 0 Å². The molecule has 0 heterocycles. The average Bonchev–Trinajstić information content (AvgIpc) is 2.18. The first-order valence-electron chi connectivity index (χ1n) is 4.42. The van der Waals surface area contributed by atoms with E-state index in [0.717, 1.165) is 12.3 Å². The number of amides is 1. The van der Waals surface area contributed by atoms with Gasteiger partial charge in [0, 0.05) is 6.07 Å². The number of phenols is 1. The van der Waals surface area contributed by atoms with Crippen LogP contribution in [0.15, 0.2) is 18.2 Å². The lowest BCUT2D eigenvalue weighted by molar-refractivity contribution is -0.126. The predicted molar refractivity (Wildman–Crippen MR) is 55.8 cm³/mol. The van der Waals surface area contributed by atoms with Gasteiger partial charge in [-0.3, -0.25) is 4.79 Å². The van der Waals surface area contributed by atoms with Crippen LogP contribution in [0.1, 0.15) is 5.56 Å². The SMILES string of the molecule is CS(=O)(=O)ONC(=O)Cc1ccc(O)cc1F. The van der Waals surface area contributed by atoms with Crippen LogP contribution in [0.25, 0.3) is 0 Å². The van der Waals surface area contributed by atoms with Crippen LogP contribution in [0.5, 0.6) is 5.75 Å². The second-order valence-corrected chi connectivity index (χ2v) is 4.84. The minimum Gasteiger partial charge on any atom is -0.508 e. The van der Waals surface area contributed by atoms with Crippen LogP contribution in [-0.4, -0.2) is 25.7 Å². The van der Waals surface area contributed by atoms with Gasteiger partial charge in [0.25, 0.3) is 10.1 Å². The summed E-state index contributed by atoms with van der Waals surface area (Å²) in [5.74, 6) is -1.85. The molecule has 0 saturated heterocycles. The molecule has 8 heteroatoms. The lowest BCUT2D eigenvalue weighted by Gasteiger charge is -2.04. The van der Waals surface area contributed by atoms with Gasteiger partial charge in [0.05, 0.1) is 12.7 Å². The zero-order valence-electron chi connectivity index (χ0n) is 8.81. The van der Waals surface area contributed by atoms with Crippen LogP contribution in [0.4, 0.5) is 4.39 Å². The number of nitrogens with one attached hydrogen (secondary N) is 1. The van der Waals surface area contributed by atoms with Gasteiger partial charge >= 0.3 is 0 Å². The molecule has 0 aliphatic heterocycles. The number of carbonyl (C=O) groups excluding carboxylic acids is 1. The maximum Gasteiger partial charge on any atom is 0.285 e. The van der Waals surface area contributed by atoms with Crippen molar-refractivity contribution in [1.29, 1.82) is 0 Å². The highest BCUT2D eigenvalue weighted by molar-refractivity contribution is 7.85. The molecule has 0 bridgehead atoms. The van der Waals surface area contributed by atoms with Crippen LogP contribution in [0, 0.1) is 5.82 Å². The summed E-state index contributed by atoms with van der Waals surface area (Å²) < 4.78 is 38.3. The minimum absolute atomic E-state index is 0.0115. The summed E-state index contributed by atoms with van der Waals surface area (Å²) in [7, 11) is -3.79. The molecule has 1 aromatic carbocycles. The van der Waals surface area contributed by atoms with E-state index in [1.54, 1.807) is 5.48 Å². The molecule has 0 saturated carbocycles. The highest BCUT2D eigenvalue weighted by atomic mass is 32.2. The topological polar surface area (TPSA) is 92.7 Å². The van der Waals surface area contributed by atoms with Gasteiger partial charge in [-0.1, -0.05) is 6.07 Å². The molecule has 6 nitrogen and oxygen atoms in total. The molecule has 0 aromatic heterocycles. The summed E-state index contributed by atoms with van der Waals surface area (Å²) >= 11 is 0. The van der Waals surface area contributed by atoms with Gasteiger partial charge in [0.2, 0.25) is 5.91 Å². The van der Waals surface area contributed by atoms with Gasteiger partial charge < -0.3 is 5.11 Å². The number of hydrogen-bond acceptors (Lipinski definition) is 5. The molecular weight excluding hydrogens is 253 g/mol. The number of rotatable bonds is 4. The molecule has 1 amide bonds. The molecular formula is C9H10FNO5S. The molecule has 0 atom stereocenters. The monoisotopic (exact) mass is 263 g/mol. The van der Waals surface area contributed by atoms with Crippen molar-refractivity contribution in [3.8, 4) is 5.75 Å². The van der Waals surface area contributed by atoms with Crippen molar-refractivity contribution in [1.82, 2.24) is 5.48 Å². The lowest BCUT2D eigenvalue weighted by atomic mass is 10.1. The third-order valence-corrected chi connectivity index (χ3v) is 2.08. The average molecular weight is 263 g/mol. The normalized spacial score (nSPS) is 11.2. The van der Waals surface area contributed by atoms with Crippen LogP contribution in [0.3, 0.4) is 0 Å². The highest BCUT2D eigenvalue weighted by Gasteiger charge is 2.11. The van der Waals surface area contributed by atoms with Crippen LogP contribution in [-0.2, 0) is 25.6 Å². The lowest BCUT2D eigenvalue weighted by Crippen LogP contribution is -2.28. The summed E-state index contributed by atoms with van der Waals surface area (Å²) in [4.78, 5) is 11.2. The summed E-state index contributed by atoms with van der Waals surface area (Å²) in [6.07, 6.45) is 0.357. The number of aromatic hydroxyl groups is 1. The first-order chi connectivity index (χ1) is 7.78. The Kier molecular flexibility index (Phi) is 4.02. The third-order valence-electron chi connectivity index (χ3n) is 1.69.